The molecule has 2 aliphatic carbocycles. The maximum Gasteiger partial charge on any atom is 0.315 e. The summed E-state index contributed by atoms with van der Waals surface area (Å²) in [5.74, 6) is 1.89. The smallest absolute Gasteiger partial charge is 0.315 e. The van der Waals surface area contributed by atoms with Gasteiger partial charge in [0.25, 0.3) is 0 Å². The zero-order chi connectivity index (χ0) is 19.8. The second-order valence-electron chi connectivity index (χ2n) is 8.57. The van der Waals surface area contributed by atoms with Crippen molar-refractivity contribution in [3.63, 3.8) is 0 Å². The van der Waals surface area contributed by atoms with Gasteiger partial charge in [-0.25, -0.2) is 4.79 Å². The first-order chi connectivity index (χ1) is 13.7. The second-order valence-corrected chi connectivity index (χ2v) is 8.57. The molecule has 2 unspecified atom stereocenters. The summed E-state index contributed by atoms with van der Waals surface area (Å²) in [5, 5.41) is 12.7. The summed E-state index contributed by atoms with van der Waals surface area (Å²) in [6.07, 6.45) is 9.89. The first-order valence-electron chi connectivity index (χ1n) is 11.3. The van der Waals surface area contributed by atoms with Crippen molar-refractivity contribution in [2.45, 2.75) is 83.2 Å². The van der Waals surface area contributed by atoms with Gasteiger partial charge < -0.3 is 21.3 Å². The first-order valence-corrected chi connectivity index (χ1v) is 11.3. The van der Waals surface area contributed by atoms with Gasteiger partial charge in [-0.3, -0.25) is 9.79 Å². The maximum atomic E-state index is 12.5. The molecule has 2 atom stereocenters. The van der Waals surface area contributed by atoms with Crippen molar-refractivity contribution in [3.05, 3.63) is 0 Å². The maximum absolute atomic E-state index is 12.5. The number of amidine groups is 1. The van der Waals surface area contributed by atoms with E-state index in [9.17, 15) is 9.59 Å². The van der Waals surface area contributed by atoms with E-state index in [1.165, 1.54) is 5.84 Å². The number of carbonyl (C=O) groups excluding carboxylic acids is 2. The number of nitrogens with zero attached hydrogens (tertiary/aromatic N) is 1. The molecule has 158 valence electrons. The first kappa shape index (κ1) is 20.9. The number of hydrogen-bond acceptors (Lipinski definition) is 4. The normalized spacial score (nSPS) is 30.5. The highest BCUT2D eigenvalue weighted by Gasteiger charge is 2.29. The molecule has 0 aromatic carbocycles. The fourth-order valence-electron chi connectivity index (χ4n) is 4.70. The zero-order valence-electron chi connectivity index (χ0n) is 17.3. The number of nitrogens with one attached hydrogen (secondary N) is 4. The predicted octanol–water partition coefficient (Wildman–Crippen LogP) is 2.32. The molecule has 2 saturated carbocycles. The van der Waals surface area contributed by atoms with Crippen LogP contribution in [0.5, 0.6) is 0 Å². The molecule has 0 aromatic rings. The van der Waals surface area contributed by atoms with Gasteiger partial charge in [-0.2, -0.15) is 0 Å². The Bertz CT molecular complexity index is 557. The van der Waals surface area contributed by atoms with Crippen LogP contribution in [-0.4, -0.2) is 49.5 Å². The fraction of sp³-hybridized carbons (Fsp3) is 0.857. The number of aliphatic imine (C=N–C) groups is 1. The van der Waals surface area contributed by atoms with Gasteiger partial charge in [0.05, 0.1) is 5.84 Å². The summed E-state index contributed by atoms with van der Waals surface area (Å²) in [5.41, 5.74) is 0. The number of urea groups is 1. The van der Waals surface area contributed by atoms with Gasteiger partial charge in [0.2, 0.25) is 5.91 Å². The minimum Gasteiger partial charge on any atom is -0.374 e. The molecule has 0 spiro atoms. The number of carbonyl (C=O) groups is 2. The van der Waals surface area contributed by atoms with Crippen molar-refractivity contribution >= 4 is 17.8 Å². The summed E-state index contributed by atoms with van der Waals surface area (Å²) in [6, 6.07) is 0.270. The predicted molar refractivity (Wildman–Crippen MR) is 111 cm³/mol. The van der Waals surface area contributed by atoms with Crippen molar-refractivity contribution in [1.82, 2.24) is 21.3 Å². The summed E-state index contributed by atoms with van der Waals surface area (Å²) >= 11 is 0. The standard InChI is InChI=1S/C21H37N5O2/c1-2-11-24-20(27)16-5-3-6-18(14-16)26-21(28)25-17-9-7-15(8-10-17)19-22-12-4-13-23-19/h15-18H,2-14H2,1H3,(H,22,23)(H,24,27)(H2,25,26,28). The van der Waals surface area contributed by atoms with Crippen LogP contribution in [-0.2, 0) is 4.79 Å². The lowest BCUT2D eigenvalue weighted by Crippen LogP contribution is -2.50. The Balaban J connectivity index is 1.37. The molecule has 0 bridgehead atoms. The summed E-state index contributed by atoms with van der Waals surface area (Å²) < 4.78 is 0. The third kappa shape index (κ3) is 6.11. The highest BCUT2D eigenvalue weighted by Crippen LogP contribution is 2.26. The van der Waals surface area contributed by atoms with Gasteiger partial charge in [-0.05, 0) is 57.8 Å². The quantitative estimate of drug-likeness (QED) is 0.560. The Kier molecular flexibility index (Phi) is 7.98. The summed E-state index contributed by atoms with van der Waals surface area (Å²) in [7, 11) is 0. The molecule has 0 aromatic heterocycles. The SMILES string of the molecule is CCCNC(=O)C1CCCC(NC(=O)NC2CCC(C3=NCCCN3)CC2)C1. The molecular formula is C21H37N5O2. The van der Waals surface area contributed by atoms with Crippen molar-refractivity contribution in [1.29, 1.82) is 0 Å². The molecule has 28 heavy (non-hydrogen) atoms. The van der Waals surface area contributed by atoms with Crippen LogP contribution in [0.4, 0.5) is 4.79 Å². The van der Waals surface area contributed by atoms with Crippen LogP contribution in [0, 0.1) is 11.8 Å². The van der Waals surface area contributed by atoms with Crippen molar-refractivity contribution in [2.24, 2.45) is 16.8 Å². The minimum atomic E-state index is -0.0730. The van der Waals surface area contributed by atoms with Crippen LogP contribution < -0.4 is 21.3 Å². The minimum absolute atomic E-state index is 0.0322. The van der Waals surface area contributed by atoms with Crippen LogP contribution in [0.25, 0.3) is 0 Å². The monoisotopic (exact) mass is 391 g/mol. The van der Waals surface area contributed by atoms with Gasteiger partial charge >= 0.3 is 6.03 Å². The van der Waals surface area contributed by atoms with E-state index in [1.54, 1.807) is 0 Å². The van der Waals surface area contributed by atoms with E-state index in [0.29, 0.717) is 5.92 Å². The summed E-state index contributed by atoms with van der Waals surface area (Å²) in [6.45, 7) is 4.78. The van der Waals surface area contributed by atoms with E-state index >= 15 is 0 Å². The number of hydrogen-bond donors (Lipinski definition) is 4. The molecule has 0 saturated heterocycles. The Morgan fingerprint density at radius 1 is 1.04 bits per heavy atom. The molecule has 7 heteroatoms. The molecular weight excluding hydrogens is 354 g/mol. The van der Waals surface area contributed by atoms with Gasteiger partial charge in [0.15, 0.2) is 0 Å². The van der Waals surface area contributed by atoms with Crippen molar-refractivity contribution < 1.29 is 9.59 Å². The third-order valence-corrected chi connectivity index (χ3v) is 6.30. The van der Waals surface area contributed by atoms with Crippen LogP contribution in [0.2, 0.25) is 0 Å². The molecule has 1 heterocycles. The molecule has 4 N–H and O–H groups in total. The molecule has 1 aliphatic heterocycles. The number of rotatable bonds is 6. The Labute approximate surface area is 168 Å². The van der Waals surface area contributed by atoms with Gasteiger partial charge in [0, 0.05) is 43.6 Å². The van der Waals surface area contributed by atoms with E-state index < -0.39 is 0 Å². The molecule has 3 amide bonds. The average Bonchev–Trinajstić information content (AvgIpc) is 2.73. The van der Waals surface area contributed by atoms with Crippen molar-refractivity contribution in [3.8, 4) is 0 Å². The van der Waals surface area contributed by atoms with Gasteiger partial charge in [-0.1, -0.05) is 13.3 Å². The van der Waals surface area contributed by atoms with Crippen LogP contribution in [0.3, 0.4) is 0 Å². The molecule has 3 rings (SSSR count). The molecule has 7 nitrogen and oxygen atoms in total. The van der Waals surface area contributed by atoms with Crippen LogP contribution in [0.1, 0.15) is 71.1 Å². The van der Waals surface area contributed by atoms with E-state index in [0.717, 1.165) is 83.8 Å². The third-order valence-electron chi connectivity index (χ3n) is 6.30. The zero-order valence-corrected chi connectivity index (χ0v) is 17.3. The second kappa shape index (κ2) is 10.7. The van der Waals surface area contributed by atoms with E-state index in [2.05, 4.69) is 33.2 Å². The molecule has 0 radical (unpaired) electrons. The Morgan fingerprint density at radius 2 is 1.82 bits per heavy atom. The fourth-order valence-corrected chi connectivity index (χ4v) is 4.70. The van der Waals surface area contributed by atoms with E-state index in [4.69, 9.17) is 0 Å². The lowest BCUT2D eigenvalue weighted by Gasteiger charge is -2.33. The van der Waals surface area contributed by atoms with E-state index in [1.807, 2.05) is 0 Å². The van der Waals surface area contributed by atoms with Gasteiger partial charge in [-0.15, -0.1) is 0 Å². The van der Waals surface area contributed by atoms with Crippen LogP contribution >= 0.6 is 0 Å². The van der Waals surface area contributed by atoms with Gasteiger partial charge in [0.1, 0.15) is 0 Å². The molecule has 2 fully saturated rings. The highest BCUT2D eigenvalue weighted by atomic mass is 16.2. The summed E-state index contributed by atoms with van der Waals surface area (Å²) in [4.78, 5) is 29.3. The Morgan fingerprint density at radius 3 is 2.54 bits per heavy atom. The number of amides is 3. The average molecular weight is 392 g/mol. The highest BCUT2D eigenvalue weighted by molar-refractivity contribution is 5.85. The lowest BCUT2D eigenvalue weighted by molar-refractivity contribution is -0.126. The van der Waals surface area contributed by atoms with Crippen molar-refractivity contribution in [2.75, 3.05) is 19.6 Å². The Hall–Kier alpha value is -1.79. The van der Waals surface area contributed by atoms with E-state index in [-0.39, 0.29) is 29.9 Å². The lowest BCUT2D eigenvalue weighted by atomic mass is 9.84. The largest absolute Gasteiger partial charge is 0.374 e. The van der Waals surface area contributed by atoms with Crippen LogP contribution in [0.15, 0.2) is 4.99 Å². The molecule has 3 aliphatic rings. The topological polar surface area (TPSA) is 94.6 Å².